The van der Waals surface area contributed by atoms with Crippen molar-refractivity contribution in [1.29, 1.82) is 0 Å². The molecule has 10 heteroatoms. The summed E-state index contributed by atoms with van der Waals surface area (Å²) in [7, 11) is 1.17. The number of ether oxygens (including phenoxy) is 2. The maximum Gasteiger partial charge on any atom is 0.416 e. The van der Waals surface area contributed by atoms with Gasteiger partial charge in [0.2, 0.25) is 5.88 Å². The predicted octanol–water partition coefficient (Wildman–Crippen LogP) is 4.60. The number of carbonyl (C=O) groups is 2. The van der Waals surface area contributed by atoms with Gasteiger partial charge in [-0.25, -0.2) is 9.37 Å². The summed E-state index contributed by atoms with van der Waals surface area (Å²) in [5.41, 5.74) is -0.258. The van der Waals surface area contributed by atoms with Gasteiger partial charge in [0.1, 0.15) is 18.1 Å². The molecule has 1 N–H and O–H groups in total. The Kier molecular flexibility index (Phi) is 6.72. The van der Waals surface area contributed by atoms with Crippen molar-refractivity contribution in [3.05, 3.63) is 77.7 Å². The van der Waals surface area contributed by atoms with Crippen LogP contribution in [0.25, 0.3) is 11.1 Å². The van der Waals surface area contributed by atoms with Crippen molar-refractivity contribution < 1.29 is 36.6 Å². The molecular weight excluding hydrogens is 432 g/mol. The van der Waals surface area contributed by atoms with E-state index in [4.69, 9.17) is 4.74 Å². The van der Waals surface area contributed by atoms with Crippen LogP contribution >= 0.6 is 0 Å². The Bertz CT molecular complexity index is 1130. The van der Waals surface area contributed by atoms with Gasteiger partial charge in [-0.15, -0.1) is 0 Å². The molecule has 0 bridgehead atoms. The highest BCUT2D eigenvalue weighted by Gasteiger charge is 2.30. The Morgan fingerprint density at radius 2 is 1.78 bits per heavy atom. The summed E-state index contributed by atoms with van der Waals surface area (Å²) < 4.78 is 62.2. The molecule has 6 nitrogen and oxygen atoms in total. The van der Waals surface area contributed by atoms with Crippen molar-refractivity contribution in [3.8, 4) is 22.8 Å². The van der Waals surface area contributed by atoms with Crippen LogP contribution in [0.5, 0.6) is 11.6 Å². The molecule has 0 unspecified atom stereocenters. The summed E-state index contributed by atoms with van der Waals surface area (Å²) in [6, 6.07) is 10.7. The van der Waals surface area contributed by atoms with Crippen LogP contribution in [0.3, 0.4) is 0 Å². The number of halogens is 4. The molecule has 0 radical (unpaired) electrons. The van der Waals surface area contributed by atoms with Gasteiger partial charge in [-0.3, -0.25) is 9.59 Å². The van der Waals surface area contributed by atoms with Gasteiger partial charge in [-0.1, -0.05) is 12.1 Å². The summed E-state index contributed by atoms with van der Waals surface area (Å²) in [5.74, 6) is -1.84. The minimum atomic E-state index is -4.50. The van der Waals surface area contributed by atoms with E-state index in [2.05, 4.69) is 15.0 Å². The summed E-state index contributed by atoms with van der Waals surface area (Å²) in [6.45, 7) is -0.367. The molecule has 32 heavy (non-hydrogen) atoms. The van der Waals surface area contributed by atoms with Crippen LogP contribution < -0.4 is 10.1 Å². The number of rotatable bonds is 6. The first-order valence-corrected chi connectivity index (χ1v) is 9.13. The van der Waals surface area contributed by atoms with Crippen molar-refractivity contribution >= 4 is 11.9 Å². The summed E-state index contributed by atoms with van der Waals surface area (Å²) in [6.07, 6.45) is -3.34. The molecule has 0 saturated heterocycles. The molecule has 3 rings (SSSR count). The SMILES string of the molecule is COC(=O)CNC(=O)c1cnc(Oc2ccc(C(F)(F)F)cc2)c(-c2cccc(F)c2)c1. The average molecular weight is 448 g/mol. The van der Waals surface area contributed by atoms with E-state index in [0.717, 1.165) is 30.5 Å². The van der Waals surface area contributed by atoms with Gasteiger partial charge >= 0.3 is 12.1 Å². The Balaban J connectivity index is 1.94. The van der Waals surface area contributed by atoms with Crippen LogP contribution in [0.15, 0.2) is 60.8 Å². The molecule has 3 aromatic rings. The van der Waals surface area contributed by atoms with E-state index in [1.54, 1.807) is 6.07 Å². The van der Waals surface area contributed by atoms with Gasteiger partial charge in [-0.2, -0.15) is 13.2 Å². The number of carbonyl (C=O) groups excluding carboxylic acids is 2. The number of amides is 1. The molecule has 1 heterocycles. The molecule has 0 aliphatic carbocycles. The minimum absolute atomic E-state index is 0.0490. The van der Waals surface area contributed by atoms with Gasteiger partial charge in [0.15, 0.2) is 0 Å². The quantitative estimate of drug-likeness (QED) is 0.441. The van der Waals surface area contributed by atoms with Crippen LogP contribution in [0.2, 0.25) is 0 Å². The standard InChI is InChI=1S/C22H16F4N2O4/c1-31-19(29)12-27-20(30)14-10-18(13-3-2-4-16(23)9-13)21(28-11-14)32-17-7-5-15(6-8-17)22(24,25)26/h2-11H,12H2,1H3,(H,27,30). The van der Waals surface area contributed by atoms with Crippen LogP contribution in [0.1, 0.15) is 15.9 Å². The molecule has 166 valence electrons. The lowest BCUT2D eigenvalue weighted by molar-refractivity contribution is -0.139. The number of nitrogens with one attached hydrogen (secondary N) is 1. The van der Waals surface area contributed by atoms with Crippen molar-refractivity contribution in [3.63, 3.8) is 0 Å². The van der Waals surface area contributed by atoms with E-state index < -0.39 is 29.4 Å². The second-order valence-corrected chi connectivity index (χ2v) is 6.47. The highest BCUT2D eigenvalue weighted by Crippen LogP contribution is 2.34. The van der Waals surface area contributed by atoms with Crippen molar-refractivity contribution in [2.75, 3.05) is 13.7 Å². The number of hydrogen-bond donors (Lipinski definition) is 1. The largest absolute Gasteiger partial charge is 0.468 e. The fourth-order valence-electron chi connectivity index (χ4n) is 2.67. The number of pyridine rings is 1. The topological polar surface area (TPSA) is 77.5 Å². The average Bonchev–Trinajstić information content (AvgIpc) is 2.77. The van der Waals surface area contributed by atoms with Crippen molar-refractivity contribution in [2.24, 2.45) is 0 Å². The lowest BCUT2D eigenvalue weighted by atomic mass is 10.0. The van der Waals surface area contributed by atoms with E-state index in [1.165, 1.54) is 31.4 Å². The number of hydrogen-bond acceptors (Lipinski definition) is 5. The number of aromatic nitrogens is 1. The fraction of sp³-hybridized carbons (Fsp3) is 0.136. The zero-order valence-corrected chi connectivity index (χ0v) is 16.6. The summed E-state index contributed by atoms with van der Waals surface area (Å²) in [5, 5.41) is 2.35. The zero-order chi connectivity index (χ0) is 23.3. The summed E-state index contributed by atoms with van der Waals surface area (Å²) >= 11 is 0. The highest BCUT2D eigenvalue weighted by atomic mass is 19.4. The van der Waals surface area contributed by atoms with Gasteiger partial charge in [0.05, 0.1) is 18.2 Å². The molecule has 1 amide bonds. The molecule has 2 aromatic carbocycles. The maximum atomic E-state index is 13.8. The Hall–Kier alpha value is -3.95. The third-order valence-corrected chi connectivity index (χ3v) is 4.27. The van der Waals surface area contributed by atoms with Crippen LogP contribution in [-0.4, -0.2) is 30.5 Å². The van der Waals surface area contributed by atoms with E-state index in [-0.39, 0.29) is 29.3 Å². The third-order valence-electron chi connectivity index (χ3n) is 4.27. The molecule has 0 aliphatic heterocycles. The van der Waals surface area contributed by atoms with Crippen LogP contribution in [0, 0.1) is 5.82 Å². The fourth-order valence-corrected chi connectivity index (χ4v) is 2.67. The monoisotopic (exact) mass is 448 g/mol. The molecule has 1 aromatic heterocycles. The Labute approximate surface area is 179 Å². The first-order valence-electron chi connectivity index (χ1n) is 9.13. The maximum absolute atomic E-state index is 13.8. The first-order chi connectivity index (χ1) is 15.2. The summed E-state index contributed by atoms with van der Waals surface area (Å²) in [4.78, 5) is 27.6. The Morgan fingerprint density at radius 1 is 1.06 bits per heavy atom. The van der Waals surface area contributed by atoms with Crippen molar-refractivity contribution in [2.45, 2.75) is 6.18 Å². The Morgan fingerprint density at radius 3 is 2.41 bits per heavy atom. The van der Waals surface area contributed by atoms with E-state index in [9.17, 15) is 27.2 Å². The minimum Gasteiger partial charge on any atom is -0.468 e. The normalized spacial score (nSPS) is 11.0. The number of alkyl halides is 3. The first kappa shape index (κ1) is 22.7. The molecule has 0 atom stereocenters. The van der Waals surface area contributed by atoms with E-state index in [0.29, 0.717) is 5.56 Å². The lowest BCUT2D eigenvalue weighted by Gasteiger charge is -2.13. The second-order valence-electron chi connectivity index (χ2n) is 6.47. The third kappa shape index (κ3) is 5.60. The molecular formula is C22H16F4N2O4. The lowest BCUT2D eigenvalue weighted by Crippen LogP contribution is -2.30. The number of methoxy groups -OCH3 is 1. The molecule has 0 saturated carbocycles. The van der Waals surface area contributed by atoms with Crippen LogP contribution in [0.4, 0.5) is 17.6 Å². The smallest absolute Gasteiger partial charge is 0.416 e. The molecule has 0 aliphatic rings. The second kappa shape index (κ2) is 9.46. The van der Waals surface area contributed by atoms with E-state index >= 15 is 0 Å². The predicted molar refractivity (Wildman–Crippen MR) is 105 cm³/mol. The molecule has 0 fully saturated rings. The van der Waals surface area contributed by atoms with E-state index in [1.807, 2.05) is 0 Å². The highest BCUT2D eigenvalue weighted by molar-refractivity contribution is 5.97. The van der Waals surface area contributed by atoms with Gasteiger partial charge in [0.25, 0.3) is 5.91 Å². The molecule has 0 spiro atoms. The number of nitrogens with zero attached hydrogens (tertiary/aromatic N) is 1. The van der Waals surface area contributed by atoms with Gasteiger partial charge in [0, 0.05) is 11.8 Å². The number of benzene rings is 2. The number of esters is 1. The zero-order valence-electron chi connectivity index (χ0n) is 16.6. The van der Waals surface area contributed by atoms with Gasteiger partial charge in [-0.05, 0) is 48.0 Å². The van der Waals surface area contributed by atoms with Gasteiger partial charge < -0.3 is 14.8 Å². The van der Waals surface area contributed by atoms with Crippen LogP contribution in [-0.2, 0) is 15.7 Å². The van der Waals surface area contributed by atoms with Crippen molar-refractivity contribution in [1.82, 2.24) is 10.3 Å².